The van der Waals surface area contributed by atoms with Crippen LogP contribution in [0.25, 0.3) is 0 Å². The zero-order valence-electron chi connectivity index (χ0n) is 7.36. The highest BCUT2D eigenvalue weighted by molar-refractivity contribution is 5.34. The van der Waals surface area contributed by atoms with Crippen molar-refractivity contribution in [1.29, 1.82) is 0 Å². The smallest absolute Gasteiger partial charge is 0.239 e. The lowest BCUT2D eigenvalue weighted by Gasteiger charge is -2.27. The van der Waals surface area contributed by atoms with Crippen LogP contribution in [0.15, 0.2) is 17.3 Å². The van der Waals surface area contributed by atoms with Crippen LogP contribution >= 0.6 is 0 Å². The highest BCUT2D eigenvalue weighted by Gasteiger charge is 2.13. The third-order valence-electron chi connectivity index (χ3n) is 2.15. The summed E-state index contributed by atoms with van der Waals surface area (Å²) in [6, 6.07) is 0. The lowest BCUT2D eigenvalue weighted by atomic mass is 9.99. The van der Waals surface area contributed by atoms with Gasteiger partial charge in [-0.3, -0.25) is 0 Å². The third kappa shape index (κ3) is 2.99. The number of carbonyl (C=O) groups excluding carboxylic acids is 1. The average molecular weight is 166 g/mol. The molecule has 0 aromatic rings. The van der Waals surface area contributed by atoms with E-state index >= 15 is 0 Å². The van der Waals surface area contributed by atoms with Crippen LogP contribution in [-0.2, 0) is 4.79 Å². The molecule has 1 unspecified atom stereocenters. The first-order valence-electron chi connectivity index (χ1n) is 4.25. The lowest BCUT2D eigenvalue weighted by Crippen LogP contribution is -2.30. The predicted octanol–water partition coefficient (Wildman–Crippen LogP) is 1.18. The van der Waals surface area contributed by atoms with E-state index in [0.29, 0.717) is 5.92 Å². The molecule has 0 bridgehead atoms. The zero-order chi connectivity index (χ0) is 8.81. The van der Waals surface area contributed by atoms with Gasteiger partial charge in [0.05, 0.1) is 0 Å². The fraction of sp³-hybridized carbons (Fsp3) is 0.667. The molecule has 1 saturated heterocycles. The molecule has 0 aromatic carbocycles. The first-order valence-corrected chi connectivity index (χ1v) is 4.25. The Kier molecular flexibility index (Phi) is 3.71. The highest BCUT2D eigenvalue weighted by atomic mass is 16.1. The van der Waals surface area contributed by atoms with Crippen molar-refractivity contribution >= 4 is 6.08 Å². The largest absolute Gasteiger partial charge is 0.306 e. The minimum Gasteiger partial charge on any atom is -0.306 e. The van der Waals surface area contributed by atoms with Crippen LogP contribution in [0.5, 0.6) is 0 Å². The minimum atomic E-state index is 0.556. The second kappa shape index (κ2) is 4.86. The van der Waals surface area contributed by atoms with Crippen molar-refractivity contribution in [3.8, 4) is 0 Å². The van der Waals surface area contributed by atoms with E-state index in [2.05, 4.69) is 16.9 Å². The maximum absolute atomic E-state index is 9.76. The van der Waals surface area contributed by atoms with E-state index < -0.39 is 0 Å². The number of hydrogen-bond acceptors (Lipinski definition) is 3. The SMILES string of the molecule is CN1CCCC(/C=C\N=C=O)C1. The summed E-state index contributed by atoms with van der Waals surface area (Å²) >= 11 is 0. The maximum atomic E-state index is 9.76. The van der Waals surface area contributed by atoms with Crippen LogP contribution in [0, 0.1) is 5.92 Å². The molecule has 12 heavy (non-hydrogen) atoms. The predicted molar refractivity (Wildman–Crippen MR) is 47.5 cm³/mol. The fourth-order valence-corrected chi connectivity index (χ4v) is 1.56. The molecule has 0 saturated carbocycles. The molecule has 3 heteroatoms. The minimum absolute atomic E-state index is 0.556. The second-order valence-corrected chi connectivity index (χ2v) is 3.23. The Hall–Kier alpha value is -0.920. The van der Waals surface area contributed by atoms with Gasteiger partial charge in [0.15, 0.2) is 0 Å². The van der Waals surface area contributed by atoms with E-state index in [0.717, 1.165) is 6.54 Å². The number of rotatable bonds is 2. The van der Waals surface area contributed by atoms with E-state index in [9.17, 15) is 4.79 Å². The number of likely N-dealkylation sites (tertiary alicyclic amines) is 1. The van der Waals surface area contributed by atoms with Crippen LogP contribution in [0.3, 0.4) is 0 Å². The van der Waals surface area contributed by atoms with Crippen molar-refractivity contribution in [2.45, 2.75) is 12.8 Å². The standard InChI is InChI=1S/C9H14N2O/c1-11-6-2-3-9(7-11)4-5-10-8-12/h4-5,9H,2-3,6-7H2,1H3/b5-4-. The first kappa shape index (κ1) is 9.17. The normalized spacial score (nSPS) is 25.6. The van der Waals surface area contributed by atoms with Crippen molar-refractivity contribution in [1.82, 2.24) is 4.90 Å². The van der Waals surface area contributed by atoms with Gasteiger partial charge in [0.2, 0.25) is 6.08 Å². The number of isocyanates is 1. The van der Waals surface area contributed by atoms with Gasteiger partial charge in [-0.15, -0.1) is 0 Å². The van der Waals surface area contributed by atoms with Crippen LogP contribution in [0.1, 0.15) is 12.8 Å². The Morgan fingerprint density at radius 1 is 1.67 bits per heavy atom. The zero-order valence-corrected chi connectivity index (χ0v) is 7.36. The first-order chi connectivity index (χ1) is 5.83. The number of nitrogens with zero attached hydrogens (tertiary/aromatic N) is 2. The molecule has 0 aromatic heterocycles. The van der Waals surface area contributed by atoms with Crippen molar-refractivity contribution in [3.63, 3.8) is 0 Å². The van der Waals surface area contributed by atoms with Crippen LogP contribution < -0.4 is 0 Å². The van der Waals surface area contributed by atoms with Crippen molar-refractivity contribution < 1.29 is 4.79 Å². The Labute approximate surface area is 72.8 Å². The fourth-order valence-electron chi connectivity index (χ4n) is 1.56. The van der Waals surface area contributed by atoms with Gasteiger partial charge in [0.25, 0.3) is 0 Å². The summed E-state index contributed by atoms with van der Waals surface area (Å²) in [7, 11) is 2.11. The molecular weight excluding hydrogens is 152 g/mol. The van der Waals surface area contributed by atoms with Crippen LogP contribution in [0.2, 0.25) is 0 Å². The molecule has 0 aliphatic carbocycles. The molecule has 1 fully saturated rings. The Balaban J connectivity index is 2.36. The van der Waals surface area contributed by atoms with E-state index in [1.807, 2.05) is 6.08 Å². The molecule has 0 spiro atoms. The molecule has 0 radical (unpaired) electrons. The Morgan fingerprint density at radius 2 is 2.50 bits per heavy atom. The molecule has 1 heterocycles. The monoisotopic (exact) mass is 166 g/mol. The number of aliphatic imine (C=N–C) groups is 1. The molecule has 1 atom stereocenters. The average Bonchev–Trinajstić information content (AvgIpc) is 2.05. The van der Waals surface area contributed by atoms with E-state index in [1.54, 1.807) is 6.20 Å². The molecular formula is C9H14N2O. The van der Waals surface area contributed by atoms with Crippen molar-refractivity contribution in [2.75, 3.05) is 20.1 Å². The molecule has 1 aliphatic rings. The Bertz CT molecular complexity index is 207. The molecule has 0 amide bonds. The quantitative estimate of drug-likeness (QED) is 0.456. The number of piperidine rings is 1. The van der Waals surface area contributed by atoms with Crippen LogP contribution in [0.4, 0.5) is 0 Å². The maximum Gasteiger partial charge on any atom is 0.239 e. The van der Waals surface area contributed by atoms with Gasteiger partial charge in [-0.2, -0.15) is 4.99 Å². The summed E-state index contributed by atoms with van der Waals surface area (Å²) in [5.74, 6) is 0.556. The Morgan fingerprint density at radius 3 is 3.17 bits per heavy atom. The van der Waals surface area contributed by atoms with Gasteiger partial charge in [-0.1, -0.05) is 6.08 Å². The highest BCUT2D eigenvalue weighted by Crippen LogP contribution is 2.15. The number of hydrogen-bond donors (Lipinski definition) is 0. The van der Waals surface area contributed by atoms with Crippen molar-refractivity contribution in [3.05, 3.63) is 12.3 Å². The van der Waals surface area contributed by atoms with Crippen molar-refractivity contribution in [2.24, 2.45) is 10.9 Å². The second-order valence-electron chi connectivity index (χ2n) is 3.23. The molecule has 1 rings (SSSR count). The molecule has 66 valence electrons. The summed E-state index contributed by atoms with van der Waals surface area (Å²) in [4.78, 5) is 15.4. The summed E-state index contributed by atoms with van der Waals surface area (Å²) in [5, 5.41) is 0. The van der Waals surface area contributed by atoms with Gasteiger partial charge < -0.3 is 4.90 Å². The summed E-state index contributed by atoms with van der Waals surface area (Å²) in [6.07, 6.45) is 7.47. The van der Waals surface area contributed by atoms with E-state index in [-0.39, 0.29) is 0 Å². The summed E-state index contributed by atoms with van der Waals surface area (Å²) < 4.78 is 0. The van der Waals surface area contributed by atoms with Crippen LogP contribution in [-0.4, -0.2) is 31.1 Å². The van der Waals surface area contributed by atoms with Gasteiger partial charge in [-0.05, 0) is 32.4 Å². The van der Waals surface area contributed by atoms with E-state index in [1.165, 1.54) is 25.5 Å². The summed E-state index contributed by atoms with van der Waals surface area (Å²) in [5.41, 5.74) is 0. The van der Waals surface area contributed by atoms with E-state index in [4.69, 9.17) is 0 Å². The van der Waals surface area contributed by atoms with Gasteiger partial charge in [0.1, 0.15) is 0 Å². The molecule has 3 nitrogen and oxygen atoms in total. The topological polar surface area (TPSA) is 32.7 Å². The molecule has 0 N–H and O–H groups in total. The summed E-state index contributed by atoms with van der Waals surface area (Å²) in [6.45, 7) is 2.26. The van der Waals surface area contributed by atoms with Gasteiger partial charge >= 0.3 is 0 Å². The third-order valence-corrected chi connectivity index (χ3v) is 2.15. The molecule has 1 aliphatic heterocycles. The van der Waals surface area contributed by atoms with Gasteiger partial charge in [0, 0.05) is 12.7 Å². The van der Waals surface area contributed by atoms with Gasteiger partial charge in [-0.25, -0.2) is 4.79 Å². The lowest BCUT2D eigenvalue weighted by molar-refractivity contribution is 0.237.